The Balaban J connectivity index is 1.97. The van der Waals surface area contributed by atoms with Crippen molar-refractivity contribution in [3.63, 3.8) is 0 Å². The summed E-state index contributed by atoms with van der Waals surface area (Å²) in [5.41, 5.74) is 5.59. The number of fused-ring (bicyclic) bond motifs is 3. The van der Waals surface area contributed by atoms with E-state index in [-0.39, 0.29) is 17.1 Å². The average Bonchev–Trinajstić information content (AvgIpc) is 3.25. The van der Waals surface area contributed by atoms with Crippen LogP contribution in [-0.2, 0) is 0 Å². The summed E-state index contributed by atoms with van der Waals surface area (Å²) in [4.78, 5) is 9.10. The van der Waals surface area contributed by atoms with Crippen molar-refractivity contribution in [1.82, 2.24) is 4.98 Å². The first-order chi connectivity index (χ1) is 15.1. The van der Waals surface area contributed by atoms with Crippen LogP contribution >= 0.6 is 0 Å². The summed E-state index contributed by atoms with van der Waals surface area (Å²) in [7, 11) is 0. The number of halogens is 2. The monoisotopic (exact) mass is 408 g/mol. The van der Waals surface area contributed by atoms with Crippen LogP contribution in [0.2, 0.25) is 0 Å². The Kier molecular flexibility index (Phi) is 4.23. The van der Waals surface area contributed by atoms with Gasteiger partial charge in [0.25, 0.3) is 0 Å². The molecule has 0 saturated carbocycles. The number of hydrogen-bond acceptors (Lipinski definition) is 4. The van der Waals surface area contributed by atoms with E-state index in [1.165, 1.54) is 18.2 Å². The summed E-state index contributed by atoms with van der Waals surface area (Å²) in [6, 6.07) is 10.2. The molecule has 2 aromatic rings. The summed E-state index contributed by atoms with van der Waals surface area (Å²) in [6.45, 7) is 2.07. The average molecular weight is 408 g/mol. The third kappa shape index (κ3) is 2.55. The van der Waals surface area contributed by atoms with Crippen molar-refractivity contribution >= 4 is 28.6 Å². The fraction of sp³-hybridized carbons (Fsp3) is 0.120. The van der Waals surface area contributed by atoms with Crippen molar-refractivity contribution in [3.05, 3.63) is 87.8 Å². The highest BCUT2D eigenvalue weighted by molar-refractivity contribution is 6.19. The lowest BCUT2D eigenvalue weighted by Gasteiger charge is -2.20. The van der Waals surface area contributed by atoms with E-state index < -0.39 is 11.6 Å². The van der Waals surface area contributed by atoms with E-state index in [1.807, 2.05) is 24.4 Å². The standard InChI is InChI=1S/C25H14F2N4/c1-13-8-12-31-25-19(13)22(17-3-2-11-30-24(17)25)20-15(6-9-28)14-4-5-18(26)23(27)21(14)16(20)7-10-29/h2-7,11-13H,8H2,1H3/b15-6+,16-7-,22-20+. The van der Waals surface area contributed by atoms with Crippen LogP contribution < -0.4 is 0 Å². The van der Waals surface area contributed by atoms with Crippen molar-refractivity contribution in [2.45, 2.75) is 13.3 Å². The lowest BCUT2D eigenvalue weighted by molar-refractivity contribution is 0.506. The second kappa shape index (κ2) is 6.97. The number of allylic oxidation sites excluding steroid dienone is 7. The molecule has 0 spiro atoms. The number of rotatable bonds is 0. The Bertz CT molecular complexity index is 1410. The van der Waals surface area contributed by atoms with E-state index in [0.29, 0.717) is 28.8 Å². The first-order valence-corrected chi connectivity index (χ1v) is 9.74. The summed E-state index contributed by atoms with van der Waals surface area (Å²) in [5.74, 6) is -1.94. The molecule has 5 rings (SSSR count). The molecule has 1 aromatic heterocycles. The van der Waals surface area contributed by atoms with Crippen LogP contribution in [0.1, 0.15) is 35.7 Å². The lowest BCUT2D eigenvalue weighted by Crippen LogP contribution is -2.06. The second-order valence-electron chi connectivity index (χ2n) is 7.52. The van der Waals surface area contributed by atoms with Gasteiger partial charge in [-0.25, -0.2) is 8.78 Å². The molecule has 0 N–H and O–H groups in total. The van der Waals surface area contributed by atoms with Crippen LogP contribution in [-0.4, -0.2) is 11.2 Å². The molecule has 1 unspecified atom stereocenters. The maximum atomic E-state index is 14.9. The van der Waals surface area contributed by atoms with Crippen molar-refractivity contribution in [3.8, 4) is 12.1 Å². The first-order valence-electron chi connectivity index (χ1n) is 9.74. The van der Waals surface area contributed by atoms with Crippen LogP contribution in [0, 0.1) is 40.2 Å². The van der Waals surface area contributed by atoms with Crippen LogP contribution in [0.5, 0.6) is 0 Å². The van der Waals surface area contributed by atoms with E-state index in [4.69, 9.17) is 0 Å². The zero-order chi connectivity index (χ0) is 21.7. The van der Waals surface area contributed by atoms with Crippen molar-refractivity contribution in [2.24, 2.45) is 10.9 Å². The topological polar surface area (TPSA) is 72.8 Å². The molecule has 148 valence electrons. The van der Waals surface area contributed by atoms with E-state index in [1.54, 1.807) is 12.3 Å². The fourth-order valence-electron chi connectivity index (χ4n) is 4.62. The summed E-state index contributed by atoms with van der Waals surface area (Å²) < 4.78 is 29.1. The van der Waals surface area contributed by atoms with Gasteiger partial charge in [0.05, 0.1) is 23.5 Å². The number of nitriles is 2. The highest BCUT2D eigenvalue weighted by atomic mass is 19.2. The van der Waals surface area contributed by atoms with Gasteiger partial charge in [-0.2, -0.15) is 10.5 Å². The van der Waals surface area contributed by atoms with Crippen LogP contribution in [0.25, 0.3) is 22.4 Å². The molecule has 31 heavy (non-hydrogen) atoms. The maximum absolute atomic E-state index is 14.9. The minimum absolute atomic E-state index is 0.00277. The number of hydrogen-bond donors (Lipinski definition) is 0. The molecular formula is C25H14F2N4. The van der Waals surface area contributed by atoms with Gasteiger partial charge in [-0.1, -0.05) is 19.1 Å². The number of aliphatic imine (C=N–C) groups is 1. The summed E-state index contributed by atoms with van der Waals surface area (Å²) in [6.07, 6.45) is 6.79. The predicted molar refractivity (Wildman–Crippen MR) is 114 cm³/mol. The minimum atomic E-state index is -1.04. The molecule has 0 fully saturated rings. The van der Waals surface area contributed by atoms with Gasteiger partial charge in [0, 0.05) is 46.8 Å². The van der Waals surface area contributed by atoms with Crippen LogP contribution in [0.4, 0.5) is 8.78 Å². The maximum Gasteiger partial charge on any atom is 0.167 e. The minimum Gasteiger partial charge on any atom is -0.259 e. The Morgan fingerprint density at radius 2 is 1.81 bits per heavy atom. The van der Waals surface area contributed by atoms with Gasteiger partial charge in [0.1, 0.15) is 0 Å². The van der Waals surface area contributed by atoms with Crippen molar-refractivity contribution in [2.75, 3.05) is 0 Å². The van der Waals surface area contributed by atoms with Gasteiger partial charge in [0.2, 0.25) is 0 Å². The van der Waals surface area contributed by atoms with Gasteiger partial charge >= 0.3 is 0 Å². The number of pyridine rings is 1. The number of aromatic nitrogens is 1. The van der Waals surface area contributed by atoms with Crippen LogP contribution in [0.3, 0.4) is 0 Å². The van der Waals surface area contributed by atoms with Crippen molar-refractivity contribution in [1.29, 1.82) is 10.5 Å². The quantitative estimate of drug-likeness (QED) is 0.542. The molecule has 1 aromatic carbocycles. The molecule has 1 atom stereocenters. The Morgan fingerprint density at radius 3 is 2.58 bits per heavy atom. The van der Waals surface area contributed by atoms with E-state index >= 15 is 0 Å². The van der Waals surface area contributed by atoms with E-state index in [9.17, 15) is 19.3 Å². The molecular weight excluding hydrogens is 394 g/mol. The smallest absolute Gasteiger partial charge is 0.167 e. The molecule has 2 aliphatic carbocycles. The van der Waals surface area contributed by atoms with Gasteiger partial charge in [-0.3, -0.25) is 9.98 Å². The van der Waals surface area contributed by atoms with E-state index in [2.05, 4.69) is 16.9 Å². The number of nitrogens with zero attached hydrogens (tertiary/aromatic N) is 4. The summed E-state index contributed by atoms with van der Waals surface area (Å²) >= 11 is 0. The van der Waals surface area contributed by atoms with Gasteiger partial charge in [-0.05, 0) is 46.8 Å². The Morgan fingerprint density at radius 1 is 1.03 bits per heavy atom. The molecule has 6 heteroatoms. The van der Waals surface area contributed by atoms with Gasteiger partial charge < -0.3 is 0 Å². The summed E-state index contributed by atoms with van der Waals surface area (Å²) in [5, 5.41) is 19.0. The molecule has 0 radical (unpaired) electrons. The first kappa shape index (κ1) is 18.8. The largest absolute Gasteiger partial charge is 0.259 e. The molecule has 0 amide bonds. The molecule has 1 aliphatic heterocycles. The second-order valence-corrected chi connectivity index (χ2v) is 7.52. The van der Waals surface area contributed by atoms with Crippen LogP contribution in [0.15, 0.2) is 58.8 Å². The highest BCUT2D eigenvalue weighted by Gasteiger charge is 2.39. The van der Waals surface area contributed by atoms with E-state index in [0.717, 1.165) is 28.5 Å². The van der Waals surface area contributed by atoms with Gasteiger partial charge in [0.15, 0.2) is 11.6 Å². The zero-order valence-electron chi connectivity index (χ0n) is 16.4. The molecule has 2 heterocycles. The molecule has 0 saturated heterocycles. The lowest BCUT2D eigenvalue weighted by atomic mass is 9.84. The molecule has 3 aliphatic rings. The van der Waals surface area contributed by atoms with Gasteiger partial charge in [-0.15, -0.1) is 0 Å². The predicted octanol–water partition coefficient (Wildman–Crippen LogP) is 5.48. The Labute approximate surface area is 177 Å². The zero-order valence-corrected chi connectivity index (χ0v) is 16.4. The normalized spacial score (nSPS) is 23.6. The van der Waals surface area contributed by atoms with Crippen molar-refractivity contribution < 1.29 is 8.78 Å². The number of benzene rings is 1. The molecule has 4 nitrogen and oxygen atoms in total. The Hall–Kier alpha value is -4.16. The third-order valence-corrected chi connectivity index (χ3v) is 5.86. The fourth-order valence-corrected chi connectivity index (χ4v) is 4.62. The molecule has 0 bridgehead atoms. The SMILES string of the molecule is CC1CC=NC2=C1/C(=C1C(=C/C#N)/c3c(ccc(F)c3F)C/1=C\C#N)c1cccnc12. The highest BCUT2D eigenvalue weighted by Crippen LogP contribution is 2.56. The third-order valence-electron chi connectivity index (χ3n) is 5.86.